The molecule has 0 aliphatic heterocycles. The van der Waals surface area contributed by atoms with Crippen LogP contribution in [0.15, 0.2) is 0 Å². The second-order valence-corrected chi connectivity index (χ2v) is 3.72. The first-order valence-electron chi connectivity index (χ1n) is 3.22. The van der Waals surface area contributed by atoms with Crippen LogP contribution in [0.1, 0.15) is 26.7 Å². The molecule has 0 radical (unpaired) electrons. The third-order valence-corrected chi connectivity index (χ3v) is 2.65. The van der Waals surface area contributed by atoms with E-state index in [0.717, 1.165) is 11.8 Å². The van der Waals surface area contributed by atoms with Crippen LogP contribution in [0, 0.1) is 11.3 Å². The molecule has 0 nitrogen and oxygen atoms in total. The maximum absolute atomic E-state index is 5.71. The highest BCUT2D eigenvalue weighted by atomic mass is 35.5. The van der Waals surface area contributed by atoms with E-state index in [-0.39, 0.29) is 0 Å². The van der Waals surface area contributed by atoms with Gasteiger partial charge in [-0.2, -0.15) is 0 Å². The Morgan fingerprint density at radius 3 is 2.25 bits per heavy atom. The predicted octanol–water partition coefficient (Wildman–Crippen LogP) is 2.66. The van der Waals surface area contributed by atoms with Gasteiger partial charge in [0, 0.05) is 5.88 Å². The number of halogens is 1. The van der Waals surface area contributed by atoms with Gasteiger partial charge in [0.1, 0.15) is 0 Å². The molecule has 0 N–H and O–H groups in total. The molecule has 1 heteroatoms. The lowest BCUT2D eigenvalue weighted by molar-refractivity contribution is 0.115. The average molecular weight is 133 g/mol. The highest BCUT2D eigenvalue weighted by Gasteiger charge is 2.36. The zero-order valence-corrected chi connectivity index (χ0v) is 6.33. The monoisotopic (exact) mass is 132 g/mol. The van der Waals surface area contributed by atoms with E-state index in [1.807, 2.05) is 0 Å². The van der Waals surface area contributed by atoms with Gasteiger partial charge in [-0.3, -0.25) is 0 Å². The zero-order chi connectivity index (χ0) is 6.20. The molecule has 1 saturated carbocycles. The van der Waals surface area contributed by atoms with Gasteiger partial charge in [-0.1, -0.05) is 13.8 Å². The minimum atomic E-state index is 0.501. The fourth-order valence-corrected chi connectivity index (χ4v) is 1.95. The van der Waals surface area contributed by atoms with Gasteiger partial charge in [-0.25, -0.2) is 0 Å². The summed E-state index contributed by atoms with van der Waals surface area (Å²) in [6, 6.07) is 0. The van der Waals surface area contributed by atoms with Crippen molar-refractivity contribution in [3.05, 3.63) is 0 Å². The second-order valence-electron chi connectivity index (χ2n) is 3.46. The van der Waals surface area contributed by atoms with Crippen molar-refractivity contribution in [3.8, 4) is 0 Å². The summed E-state index contributed by atoms with van der Waals surface area (Å²) in [6.45, 7) is 4.55. The van der Waals surface area contributed by atoms with Gasteiger partial charge in [-0.05, 0) is 24.2 Å². The van der Waals surface area contributed by atoms with Crippen LogP contribution in [0.3, 0.4) is 0 Å². The first kappa shape index (κ1) is 6.41. The van der Waals surface area contributed by atoms with Crippen LogP contribution in [0.5, 0.6) is 0 Å². The largest absolute Gasteiger partial charge is 0.126 e. The van der Waals surface area contributed by atoms with Crippen LogP contribution >= 0.6 is 11.6 Å². The minimum absolute atomic E-state index is 0.501. The molecular weight excluding hydrogens is 120 g/mol. The lowest BCUT2D eigenvalue weighted by atomic mass is 9.65. The third kappa shape index (κ3) is 0.997. The maximum atomic E-state index is 5.71. The van der Waals surface area contributed by atoms with Crippen molar-refractivity contribution in [1.29, 1.82) is 0 Å². The fraction of sp³-hybridized carbons (Fsp3) is 1.00. The standard InChI is InChI=1S/C7H13Cl/c1-6-3-7(2,4-6)5-8/h6H,3-5H2,1-2H3. The van der Waals surface area contributed by atoms with Crippen molar-refractivity contribution in [2.45, 2.75) is 26.7 Å². The summed E-state index contributed by atoms with van der Waals surface area (Å²) in [4.78, 5) is 0. The van der Waals surface area contributed by atoms with Gasteiger partial charge in [0.15, 0.2) is 0 Å². The van der Waals surface area contributed by atoms with Crippen molar-refractivity contribution in [2.24, 2.45) is 11.3 Å². The van der Waals surface area contributed by atoms with Crippen LogP contribution in [0.4, 0.5) is 0 Å². The second kappa shape index (κ2) is 1.91. The Kier molecular flexibility index (Phi) is 1.53. The van der Waals surface area contributed by atoms with E-state index in [2.05, 4.69) is 13.8 Å². The lowest BCUT2D eigenvalue weighted by Gasteiger charge is -2.42. The van der Waals surface area contributed by atoms with E-state index in [0.29, 0.717) is 5.41 Å². The summed E-state index contributed by atoms with van der Waals surface area (Å²) < 4.78 is 0. The van der Waals surface area contributed by atoms with Gasteiger partial charge in [-0.15, -0.1) is 11.6 Å². The molecule has 1 aliphatic rings. The molecule has 0 unspecified atom stereocenters. The Morgan fingerprint density at radius 1 is 1.62 bits per heavy atom. The quantitative estimate of drug-likeness (QED) is 0.482. The Bertz CT molecular complexity index is 82.4. The lowest BCUT2D eigenvalue weighted by Crippen LogP contribution is -2.34. The summed E-state index contributed by atoms with van der Waals surface area (Å²) in [5.41, 5.74) is 0.501. The molecule has 0 saturated heterocycles. The van der Waals surface area contributed by atoms with Gasteiger partial charge in [0.2, 0.25) is 0 Å². The molecular formula is C7H13Cl. The first-order chi connectivity index (χ1) is 3.66. The van der Waals surface area contributed by atoms with Gasteiger partial charge < -0.3 is 0 Å². The maximum Gasteiger partial charge on any atom is 0.0277 e. The molecule has 0 aromatic rings. The van der Waals surface area contributed by atoms with Crippen molar-refractivity contribution < 1.29 is 0 Å². The fourth-order valence-electron chi connectivity index (χ4n) is 1.73. The van der Waals surface area contributed by atoms with E-state index >= 15 is 0 Å². The number of hydrogen-bond acceptors (Lipinski definition) is 0. The average Bonchev–Trinajstić information content (AvgIpc) is 1.63. The first-order valence-corrected chi connectivity index (χ1v) is 3.76. The van der Waals surface area contributed by atoms with Gasteiger partial charge in [0.25, 0.3) is 0 Å². The topological polar surface area (TPSA) is 0 Å². The van der Waals surface area contributed by atoms with Crippen LogP contribution in [0.25, 0.3) is 0 Å². The van der Waals surface area contributed by atoms with Crippen molar-refractivity contribution in [1.82, 2.24) is 0 Å². The molecule has 0 aromatic carbocycles. The molecule has 0 amide bonds. The molecule has 1 rings (SSSR count). The molecule has 0 heterocycles. The zero-order valence-electron chi connectivity index (χ0n) is 5.58. The summed E-state index contributed by atoms with van der Waals surface area (Å²) in [6.07, 6.45) is 2.66. The Morgan fingerprint density at radius 2 is 2.12 bits per heavy atom. The predicted molar refractivity (Wildman–Crippen MR) is 37.2 cm³/mol. The molecule has 8 heavy (non-hydrogen) atoms. The molecule has 1 fully saturated rings. The van der Waals surface area contributed by atoms with Crippen molar-refractivity contribution in [3.63, 3.8) is 0 Å². The Hall–Kier alpha value is 0.290. The van der Waals surface area contributed by atoms with Gasteiger partial charge in [0.05, 0.1) is 0 Å². The van der Waals surface area contributed by atoms with E-state index in [1.54, 1.807) is 0 Å². The molecule has 1 aliphatic carbocycles. The number of hydrogen-bond donors (Lipinski definition) is 0. The normalized spacial score (nSPS) is 46.1. The molecule has 48 valence electrons. The van der Waals surface area contributed by atoms with Crippen molar-refractivity contribution >= 4 is 11.6 Å². The van der Waals surface area contributed by atoms with E-state index < -0.39 is 0 Å². The molecule has 0 bridgehead atoms. The van der Waals surface area contributed by atoms with Crippen LogP contribution < -0.4 is 0 Å². The summed E-state index contributed by atoms with van der Waals surface area (Å²) >= 11 is 5.71. The van der Waals surface area contributed by atoms with Crippen LogP contribution in [-0.2, 0) is 0 Å². The van der Waals surface area contributed by atoms with E-state index in [9.17, 15) is 0 Å². The SMILES string of the molecule is CC1CC(C)(CCl)C1. The molecule has 0 aromatic heterocycles. The smallest absolute Gasteiger partial charge is 0.0277 e. The number of alkyl halides is 1. The highest BCUT2D eigenvalue weighted by Crippen LogP contribution is 2.45. The summed E-state index contributed by atoms with van der Waals surface area (Å²) in [5.74, 6) is 1.77. The van der Waals surface area contributed by atoms with E-state index in [1.165, 1.54) is 12.8 Å². The van der Waals surface area contributed by atoms with Crippen molar-refractivity contribution in [2.75, 3.05) is 5.88 Å². The number of rotatable bonds is 1. The molecule has 0 atom stereocenters. The minimum Gasteiger partial charge on any atom is -0.126 e. The van der Waals surface area contributed by atoms with Crippen LogP contribution in [-0.4, -0.2) is 5.88 Å². The van der Waals surface area contributed by atoms with Gasteiger partial charge >= 0.3 is 0 Å². The Balaban J connectivity index is 2.30. The summed E-state index contributed by atoms with van der Waals surface area (Å²) in [5, 5.41) is 0. The summed E-state index contributed by atoms with van der Waals surface area (Å²) in [7, 11) is 0. The van der Waals surface area contributed by atoms with Crippen LogP contribution in [0.2, 0.25) is 0 Å². The van der Waals surface area contributed by atoms with E-state index in [4.69, 9.17) is 11.6 Å². The Labute approximate surface area is 56.2 Å². The highest BCUT2D eigenvalue weighted by molar-refractivity contribution is 6.18. The third-order valence-electron chi connectivity index (χ3n) is 2.01. The molecule has 0 spiro atoms.